The Morgan fingerprint density at radius 2 is 2.11 bits per heavy atom. The third kappa shape index (κ3) is 5.63. The molecule has 4 nitrogen and oxygen atoms in total. The van der Waals surface area contributed by atoms with Crippen molar-refractivity contribution >= 4 is 14.7 Å². The standard InChI is InChI=1S/C14H23NO3Si/c1-16-19(2)9-3-8-17-13-6-4-12(5-7-13)15-10-14-11-18-14/h4-7,14-15,19H,3,8-11H2,1-2H3. The first kappa shape index (κ1) is 14.4. The van der Waals surface area contributed by atoms with Crippen molar-refractivity contribution in [2.45, 2.75) is 25.1 Å². The summed E-state index contributed by atoms with van der Waals surface area (Å²) in [6, 6.07) is 9.27. The first-order chi connectivity index (χ1) is 9.28. The van der Waals surface area contributed by atoms with Crippen LogP contribution < -0.4 is 10.1 Å². The average Bonchev–Trinajstić information content (AvgIpc) is 3.26. The molecule has 0 aromatic heterocycles. The Hall–Kier alpha value is -1.04. The lowest BCUT2D eigenvalue weighted by Gasteiger charge is -2.10. The molecule has 1 saturated heterocycles. The van der Waals surface area contributed by atoms with Gasteiger partial charge in [-0.1, -0.05) is 0 Å². The topological polar surface area (TPSA) is 43.0 Å². The van der Waals surface area contributed by atoms with Gasteiger partial charge in [-0.15, -0.1) is 0 Å². The van der Waals surface area contributed by atoms with Crippen LogP contribution in [-0.2, 0) is 9.16 Å². The highest BCUT2D eigenvalue weighted by Gasteiger charge is 2.21. The molecule has 1 aromatic carbocycles. The predicted molar refractivity (Wildman–Crippen MR) is 79.6 cm³/mol. The molecule has 0 bridgehead atoms. The number of rotatable bonds is 9. The SMILES string of the molecule is CO[SiH](C)CCCOc1ccc(NCC2CO2)cc1. The van der Waals surface area contributed by atoms with Crippen molar-refractivity contribution < 1.29 is 13.9 Å². The van der Waals surface area contributed by atoms with Crippen molar-refractivity contribution in [1.82, 2.24) is 0 Å². The monoisotopic (exact) mass is 281 g/mol. The molecule has 106 valence electrons. The van der Waals surface area contributed by atoms with Gasteiger partial charge in [-0.3, -0.25) is 0 Å². The molecule has 0 amide bonds. The summed E-state index contributed by atoms with van der Waals surface area (Å²) < 4.78 is 16.2. The third-order valence-corrected chi connectivity index (χ3v) is 5.24. The van der Waals surface area contributed by atoms with Crippen molar-refractivity contribution in [3.63, 3.8) is 0 Å². The number of nitrogens with one attached hydrogen (secondary N) is 1. The van der Waals surface area contributed by atoms with Gasteiger partial charge in [-0.05, 0) is 43.3 Å². The van der Waals surface area contributed by atoms with Crippen LogP contribution in [0.3, 0.4) is 0 Å². The summed E-state index contributed by atoms with van der Waals surface area (Å²) in [6.45, 7) is 4.75. The van der Waals surface area contributed by atoms with E-state index in [1.165, 1.54) is 0 Å². The number of anilines is 1. The number of ether oxygens (including phenoxy) is 2. The zero-order valence-electron chi connectivity index (χ0n) is 11.7. The molecule has 1 aliphatic rings. The molecule has 0 aliphatic carbocycles. The van der Waals surface area contributed by atoms with Crippen LogP contribution in [0.25, 0.3) is 0 Å². The number of epoxide rings is 1. The van der Waals surface area contributed by atoms with Gasteiger partial charge in [0.05, 0.1) is 19.3 Å². The number of hydrogen-bond donors (Lipinski definition) is 1. The van der Waals surface area contributed by atoms with Crippen molar-refractivity contribution in [3.05, 3.63) is 24.3 Å². The molecular formula is C14H23NO3Si. The van der Waals surface area contributed by atoms with E-state index < -0.39 is 9.04 Å². The summed E-state index contributed by atoms with van der Waals surface area (Å²) in [5.74, 6) is 0.931. The molecule has 2 atom stereocenters. The summed E-state index contributed by atoms with van der Waals surface area (Å²) >= 11 is 0. The fourth-order valence-electron chi connectivity index (χ4n) is 1.77. The number of benzene rings is 1. The predicted octanol–water partition coefficient (Wildman–Crippen LogP) is 2.27. The lowest BCUT2D eigenvalue weighted by molar-refractivity contribution is 0.313. The molecule has 1 fully saturated rings. The molecule has 19 heavy (non-hydrogen) atoms. The van der Waals surface area contributed by atoms with Crippen LogP contribution in [-0.4, -0.2) is 42.0 Å². The van der Waals surface area contributed by atoms with Crippen LogP contribution in [0.4, 0.5) is 5.69 Å². The Morgan fingerprint density at radius 3 is 2.74 bits per heavy atom. The van der Waals surface area contributed by atoms with Gasteiger partial charge in [0, 0.05) is 19.3 Å². The highest BCUT2D eigenvalue weighted by molar-refractivity contribution is 6.50. The maximum absolute atomic E-state index is 5.71. The van der Waals surface area contributed by atoms with Crippen molar-refractivity contribution in [2.24, 2.45) is 0 Å². The van der Waals surface area contributed by atoms with Gasteiger partial charge in [-0.2, -0.15) is 0 Å². The lowest BCUT2D eigenvalue weighted by atomic mass is 10.3. The van der Waals surface area contributed by atoms with Gasteiger partial charge in [-0.25, -0.2) is 0 Å². The molecule has 2 rings (SSSR count). The molecular weight excluding hydrogens is 258 g/mol. The molecule has 2 unspecified atom stereocenters. The van der Waals surface area contributed by atoms with E-state index in [0.29, 0.717) is 6.10 Å². The van der Waals surface area contributed by atoms with Gasteiger partial charge >= 0.3 is 0 Å². The average molecular weight is 281 g/mol. The molecule has 5 heteroatoms. The van der Waals surface area contributed by atoms with Crippen LogP contribution >= 0.6 is 0 Å². The van der Waals surface area contributed by atoms with Crippen LogP contribution in [0.1, 0.15) is 6.42 Å². The fraction of sp³-hybridized carbons (Fsp3) is 0.571. The van der Waals surface area contributed by atoms with E-state index in [4.69, 9.17) is 13.9 Å². The van der Waals surface area contributed by atoms with Gasteiger partial charge in [0.15, 0.2) is 9.04 Å². The molecule has 0 spiro atoms. The summed E-state index contributed by atoms with van der Waals surface area (Å²) in [6.07, 6.45) is 1.48. The van der Waals surface area contributed by atoms with Crippen molar-refractivity contribution in [1.29, 1.82) is 0 Å². The van der Waals surface area contributed by atoms with Crippen LogP contribution in [0.2, 0.25) is 12.6 Å². The van der Waals surface area contributed by atoms with Crippen LogP contribution in [0.15, 0.2) is 24.3 Å². The highest BCUT2D eigenvalue weighted by Crippen LogP contribution is 2.17. The Bertz CT molecular complexity index is 367. The molecule has 0 saturated carbocycles. The first-order valence-electron chi connectivity index (χ1n) is 6.89. The Kier molecular flexibility index (Phi) is 5.69. The van der Waals surface area contributed by atoms with E-state index in [0.717, 1.165) is 43.7 Å². The lowest BCUT2D eigenvalue weighted by Crippen LogP contribution is -2.11. The van der Waals surface area contributed by atoms with E-state index in [9.17, 15) is 0 Å². The van der Waals surface area contributed by atoms with E-state index >= 15 is 0 Å². The molecule has 1 N–H and O–H groups in total. The quantitative estimate of drug-likeness (QED) is 0.428. The summed E-state index contributed by atoms with van der Waals surface area (Å²) in [7, 11) is 0.872. The molecule has 0 radical (unpaired) electrons. The van der Waals surface area contributed by atoms with Gasteiger partial charge in [0.1, 0.15) is 5.75 Å². The first-order valence-corrected chi connectivity index (χ1v) is 9.33. The molecule has 1 heterocycles. The third-order valence-electron chi connectivity index (χ3n) is 3.22. The smallest absolute Gasteiger partial charge is 0.173 e. The van der Waals surface area contributed by atoms with E-state index in [-0.39, 0.29) is 0 Å². The van der Waals surface area contributed by atoms with Crippen LogP contribution in [0, 0.1) is 0 Å². The molecule has 1 aliphatic heterocycles. The zero-order valence-corrected chi connectivity index (χ0v) is 12.9. The van der Waals surface area contributed by atoms with Gasteiger partial charge in [0.25, 0.3) is 0 Å². The van der Waals surface area contributed by atoms with Gasteiger partial charge in [0.2, 0.25) is 0 Å². The van der Waals surface area contributed by atoms with E-state index in [2.05, 4.69) is 11.9 Å². The minimum Gasteiger partial charge on any atom is -0.494 e. The van der Waals surface area contributed by atoms with E-state index in [1.54, 1.807) is 7.11 Å². The fourth-order valence-corrected chi connectivity index (χ4v) is 2.74. The van der Waals surface area contributed by atoms with Gasteiger partial charge < -0.3 is 19.2 Å². The molecule has 1 aromatic rings. The van der Waals surface area contributed by atoms with E-state index in [1.807, 2.05) is 24.3 Å². The Labute approximate surface area is 116 Å². The minimum absolute atomic E-state index is 0.405. The normalized spacial score (nSPS) is 18.9. The Balaban J connectivity index is 1.63. The maximum Gasteiger partial charge on any atom is 0.173 e. The zero-order chi connectivity index (χ0) is 13.5. The minimum atomic E-state index is -0.930. The summed E-state index contributed by atoms with van der Waals surface area (Å²) in [5, 5.41) is 3.33. The van der Waals surface area contributed by atoms with Crippen molar-refractivity contribution in [3.8, 4) is 5.75 Å². The second kappa shape index (κ2) is 7.52. The highest BCUT2D eigenvalue weighted by atomic mass is 28.3. The second-order valence-corrected chi connectivity index (χ2v) is 7.57. The number of hydrogen-bond acceptors (Lipinski definition) is 4. The Morgan fingerprint density at radius 1 is 1.37 bits per heavy atom. The second-order valence-electron chi connectivity index (χ2n) is 4.90. The summed E-state index contributed by atoms with van der Waals surface area (Å²) in [4.78, 5) is 0. The van der Waals surface area contributed by atoms with Crippen molar-refractivity contribution in [2.75, 3.05) is 32.2 Å². The maximum atomic E-state index is 5.71. The van der Waals surface area contributed by atoms with Crippen LogP contribution in [0.5, 0.6) is 5.75 Å². The summed E-state index contributed by atoms with van der Waals surface area (Å²) in [5.41, 5.74) is 1.11. The largest absolute Gasteiger partial charge is 0.494 e.